The molecule has 0 spiro atoms. The Morgan fingerprint density at radius 1 is 1.33 bits per heavy atom. The molecule has 142 valence electrons. The standard InChI is InChI=1S/C20H23N3O4/c1-13(15-6-8-16(26-3)9-7-15)11-19(24)23-10-4-5-17(23)20(25)21-18-12-14(2)27-22-18/h6-9,11-12,17H,4-5,10H2,1-3H3,(H,21,22,25)/b13-11+/t17-/m0/s1. The van der Waals surface area contributed by atoms with Crippen molar-refractivity contribution in [3.05, 3.63) is 47.7 Å². The minimum absolute atomic E-state index is 0.169. The van der Waals surface area contributed by atoms with E-state index in [1.54, 1.807) is 31.1 Å². The predicted molar refractivity (Wildman–Crippen MR) is 101 cm³/mol. The van der Waals surface area contributed by atoms with Crippen LogP contribution in [0, 0.1) is 6.92 Å². The molecule has 1 aliphatic rings. The van der Waals surface area contributed by atoms with Crippen molar-refractivity contribution in [2.45, 2.75) is 32.7 Å². The average molecular weight is 369 g/mol. The lowest BCUT2D eigenvalue weighted by atomic mass is 10.1. The van der Waals surface area contributed by atoms with Gasteiger partial charge in [-0.3, -0.25) is 9.59 Å². The largest absolute Gasteiger partial charge is 0.497 e. The monoisotopic (exact) mass is 369 g/mol. The molecule has 2 aromatic rings. The molecular formula is C20H23N3O4. The normalized spacial score (nSPS) is 17.1. The van der Waals surface area contributed by atoms with Crippen LogP contribution in [0.15, 0.2) is 40.9 Å². The van der Waals surface area contributed by atoms with Gasteiger partial charge < -0.3 is 19.5 Å². The maximum Gasteiger partial charge on any atom is 0.248 e. The van der Waals surface area contributed by atoms with E-state index in [0.717, 1.165) is 23.3 Å². The molecule has 1 fully saturated rings. The zero-order valence-corrected chi connectivity index (χ0v) is 15.7. The van der Waals surface area contributed by atoms with Gasteiger partial charge in [0.1, 0.15) is 17.6 Å². The van der Waals surface area contributed by atoms with Crippen molar-refractivity contribution < 1.29 is 18.8 Å². The molecule has 2 heterocycles. The third-order valence-electron chi connectivity index (χ3n) is 4.60. The first-order valence-corrected chi connectivity index (χ1v) is 8.85. The summed E-state index contributed by atoms with van der Waals surface area (Å²) in [6, 6.07) is 8.64. The summed E-state index contributed by atoms with van der Waals surface area (Å²) in [5.41, 5.74) is 1.77. The van der Waals surface area contributed by atoms with Gasteiger partial charge in [0.05, 0.1) is 7.11 Å². The van der Waals surface area contributed by atoms with Gasteiger partial charge in [-0.1, -0.05) is 17.3 Å². The predicted octanol–water partition coefficient (Wildman–Crippen LogP) is 3.02. The highest BCUT2D eigenvalue weighted by Gasteiger charge is 2.33. The highest BCUT2D eigenvalue weighted by Crippen LogP contribution is 2.22. The van der Waals surface area contributed by atoms with Crippen molar-refractivity contribution in [1.29, 1.82) is 0 Å². The number of anilines is 1. The van der Waals surface area contributed by atoms with Gasteiger partial charge in [-0.05, 0) is 50.0 Å². The second-order valence-corrected chi connectivity index (χ2v) is 6.56. The molecule has 27 heavy (non-hydrogen) atoms. The lowest BCUT2D eigenvalue weighted by Gasteiger charge is -2.22. The van der Waals surface area contributed by atoms with Crippen molar-refractivity contribution in [1.82, 2.24) is 10.1 Å². The number of nitrogens with zero attached hydrogens (tertiary/aromatic N) is 2. The molecule has 7 heteroatoms. The van der Waals surface area contributed by atoms with Crippen LogP contribution in [-0.4, -0.2) is 41.6 Å². The maximum atomic E-state index is 12.7. The van der Waals surface area contributed by atoms with Crippen molar-refractivity contribution in [3.63, 3.8) is 0 Å². The highest BCUT2D eigenvalue weighted by atomic mass is 16.5. The number of hydrogen-bond acceptors (Lipinski definition) is 5. The molecule has 3 rings (SSSR count). The number of methoxy groups -OCH3 is 1. The summed E-state index contributed by atoms with van der Waals surface area (Å²) in [7, 11) is 1.61. The van der Waals surface area contributed by atoms with Gasteiger partial charge >= 0.3 is 0 Å². The van der Waals surface area contributed by atoms with Crippen LogP contribution < -0.4 is 10.1 Å². The molecule has 1 atom stereocenters. The Bertz CT molecular complexity index is 854. The van der Waals surface area contributed by atoms with E-state index in [0.29, 0.717) is 24.5 Å². The molecule has 0 radical (unpaired) electrons. The Balaban J connectivity index is 1.69. The van der Waals surface area contributed by atoms with Crippen molar-refractivity contribution in [2.24, 2.45) is 0 Å². The Hall–Kier alpha value is -3.09. The molecule has 1 aromatic heterocycles. The Kier molecular flexibility index (Phi) is 5.59. The van der Waals surface area contributed by atoms with E-state index in [4.69, 9.17) is 9.26 Å². The van der Waals surface area contributed by atoms with Crippen LogP contribution in [0.25, 0.3) is 5.57 Å². The number of amides is 2. The van der Waals surface area contributed by atoms with Crippen molar-refractivity contribution in [3.8, 4) is 5.75 Å². The van der Waals surface area contributed by atoms with Crippen molar-refractivity contribution in [2.75, 3.05) is 19.0 Å². The van der Waals surface area contributed by atoms with Crippen LogP contribution in [0.3, 0.4) is 0 Å². The van der Waals surface area contributed by atoms with Gasteiger partial charge in [0.15, 0.2) is 5.82 Å². The molecule has 0 unspecified atom stereocenters. The summed E-state index contributed by atoms with van der Waals surface area (Å²) in [5.74, 6) is 1.32. The van der Waals surface area contributed by atoms with E-state index in [-0.39, 0.29) is 11.8 Å². The molecule has 1 aliphatic heterocycles. The van der Waals surface area contributed by atoms with Crippen LogP contribution in [0.1, 0.15) is 31.1 Å². The van der Waals surface area contributed by atoms with E-state index in [2.05, 4.69) is 10.5 Å². The zero-order chi connectivity index (χ0) is 19.4. The first kappa shape index (κ1) is 18.7. The smallest absolute Gasteiger partial charge is 0.248 e. The number of allylic oxidation sites excluding steroid dienone is 1. The van der Waals surface area contributed by atoms with Crippen LogP contribution in [0.2, 0.25) is 0 Å². The van der Waals surface area contributed by atoms with Crippen molar-refractivity contribution >= 4 is 23.2 Å². The summed E-state index contributed by atoms with van der Waals surface area (Å²) >= 11 is 0. The lowest BCUT2D eigenvalue weighted by molar-refractivity contribution is -0.132. The SMILES string of the molecule is COc1ccc(/C(C)=C/C(=O)N2CCC[C@H]2C(=O)Nc2cc(C)on2)cc1. The number of likely N-dealkylation sites (tertiary alicyclic amines) is 1. The number of benzene rings is 1. The summed E-state index contributed by atoms with van der Waals surface area (Å²) in [4.78, 5) is 26.9. The lowest BCUT2D eigenvalue weighted by Crippen LogP contribution is -2.42. The van der Waals surface area contributed by atoms with Crippen LogP contribution >= 0.6 is 0 Å². The summed E-state index contributed by atoms with van der Waals surface area (Å²) in [5, 5.41) is 6.48. The molecule has 2 amide bonds. The summed E-state index contributed by atoms with van der Waals surface area (Å²) in [6.45, 7) is 4.19. The van der Waals surface area contributed by atoms with E-state index in [9.17, 15) is 9.59 Å². The highest BCUT2D eigenvalue weighted by molar-refractivity contribution is 6.01. The molecule has 0 aliphatic carbocycles. The molecule has 0 bridgehead atoms. The number of hydrogen-bond donors (Lipinski definition) is 1. The van der Waals surface area contributed by atoms with Crippen LogP contribution in [0.5, 0.6) is 5.75 Å². The number of aryl methyl sites for hydroxylation is 1. The van der Waals surface area contributed by atoms with E-state index in [1.807, 2.05) is 31.2 Å². The van der Waals surface area contributed by atoms with Gasteiger partial charge in [0, 0.05) is 18.7 Å². The fourth-order valence-corrected chi connectivity index (χ4v) is 3.14. The Morgan fingerprint density at radius 2 is 2.07 bits per heavy atom. The van der Waals surface area contributed by atoms with Gasteiger partial charge in [0.2, 0.25) is 11.8 Å². The average Bonchev–Trinajstić information content (AvgIpc) is 3.30. The Labute approximate surface area is 158 Å². The van der Waals surface area contributed by atoms with E-state index in [1.165, 1.54) is 0 Å². The number of aromatic nitrogens is 1. The Morgan fingerprint density at radius 3 is 2.70 bits per heavy atom. The number of nitrogens with one attached hydrogen (secondary N) is 1. The summed E-state index contributed by atoms with van der Waals surface area (Å²) in [6.07, 6.45) is 2.99. The van der Waals surface area contributed by atoms with Gasteiger partial charge in [0.25, 0.3) is 0 Å². The molecule has 7 nitrogen and oxygen atoms in total. The topological polar surface area (TPSA) is 84.7 Å². The van der Waals surface area contributed by atoms with E-state index < -0.39 is 6.04 Å². The molecule has 1 saturated heterocycles. The molecule has 1 aromatic carbocycles. The third kappa shape index (κ3) is 4.36. The second kappa shape index (κ2) is 8.07. The fourth-order valence-electron chi connectivity index (χ4n) is 3.14. The number of carbonyl (C=O) groups excluding carboxylic acids is 2. The fraction of sp³-hybridized carbons (Fsp3) is 0.350. The molecule has 0 saturated carbocycles. The van der Waals surface area contributed by atoms with Gasteiger partial charge in [-0.25, -0.2) is 0 Å². The van der Waals surface area contributed by atoms with Gasteiger partial charge in [-0.15, -0.1) is 0 Å². The molecule has 1 N–H and O–H groups in total. The number of ether oxygens (including phenoxy) is 1. The maximum absolute atomic E-state index is 12.7. The third-order valence-corrected chi connectivity index (χ3v) is 4.60. The number of carbonyl (C=O) groups is 2. The minimum Gasteiger partial charge on any atom is -0.497 e. The number of rotatable bonds is 5. The first-order chi connectivity index (χ1) is 13.0. The van der Waals surface area contributed by atoms with E-state index >= 15 is 0 Å². The quantitative estimate of drug-likeness (QED) is 0.819. The summed E-state index contributed by atoms with van der Waals surface area (Å²) < 4.78 is 10.1. The van der Waals surface area contributed by atoms with Gasteiger partial charge in [-0.2, -0.15) is 0 Å². The first-order valence-electron chi connectivity index (χ1n) is 8.85. The molecular weight excluding hydrogens is 346 g/mol. The van der Waals surface area contributed by atoms with Crippen LogP contribution in [-0.2, 0) is 9.59 Å². The minimum atomic E-state index is -0.505. The zero-order valence-electron chi connectivity index (χ0n) is 15.7. The van der Waals surface area contributed by atoms with Crippen LogP contribution in [0.4, 0.5) is 5.82 Å². The second-order valence-electron chi connectivity index (χ2n) is 6.56.